The van der Waals surface area contributed by atoms with Crippen LogP contribution in [0.4, 0.5) is 4.79 Å². The molecule has 9 heteroatoms. The molecule has 3 aromatic rings. The summed E-state index contributed by atoms with van der Waals surface area (Å²) in [5, 5.41) is 11.1. The molecule has 1 aliphatic rings. The zero-order chi connectivity index (χ0) is 24.9. The highest BCUT2D eigenvalue weighted by molar-refractivity contribution is 6.30. The van der Waals surface area contributed by atoms with Crippen LogP contribution in [0.15, 0.2) is 54.6 Å². The Labute approximate surface area is 208 Å². The summed E-state index contributed by atoms with van der Waals surface area (Å²) in [6, 6.07) is 15.8. The topological polar surface area (TPSA) is 98.2 Å². The summed E-state index contributed by atoms with van der Waals surface area (Å²) in [7, 11) is 0. The molecule has 0 bridgehead atoms. The average molecular weight is 497 g/mol. The second kappa shape index (κ2) is 10.8. The van der Waals surface area contributed by atoms with Crippen LogP contribution in [0.5, 0.6) is 5.75 Å². The number of nitrogens with zero attached hydrogens (tertiary/aromatic N) is 2. The third-order valence-electron chi connectivity index (χ3n) is 5.73. The molecule has 0 radical (unpaired) electrons. The minimum Gasteiger partial charge on any atom is -0.482 e. The Hall–Kier alpha value is -3.62. The van der Waals surface area contributed by atoms with E-state index in [-0.39, 0.29) is 6.61 Å². The van der Waals surface area contributed by atoms with Gasteiger partial charge in [0.2, 0.25) is 0 Å². The Bertz CT molecular complexity index is 1250. The van der Waals surface area contributed by atoms with Gasteiger partial charge in [-0.25, -0.2) is 9.59 Å². The number of aromatic nitrogens is 1. The first-order valence-corrected chi connectivity index (χ1v) is 11.5. The van der Waals surface area contributed by atoms with Gasteiger partial charge < -0.3 is 19.4 Å². The van der Waals surface area contributed by atoms with Crippen molar-refractivity contribution in [3.8, 4) is 5.75 Å². The van der Waals surface area contributed by atoms with Crippen molar-refractivity contribution in [3.05, 3.63) is 93.3 Å². The van der Waals surface area contributed by atoms with E-state index in [1.807, 2.05) is 50.2 Å². The zero-order valence-corrected chi connectivity index (χ0v) is 20.1. The van der Waals surface area contributed by atoms with Gasteiger partial charge in [-0.15, -0.1) is 5.06 Å². The molecular formula is C26H25ClN2O6. The standard InChI is InChI=1S/C26H25ClN2O6/c1-16-7-8-19(17(2)28-16)14-34-26(32)35-29-12-11-18-5-3-4-6-21(18)25(29)22-13-20(27)9-10-23(22)33-15-24(30)31/h3-10,13,25H,11-12,14-15H2,1-2H3,(H,30,31). The van der Waals surface area contributed by atoms with E-state index in [4.69, 9.17) is 31.0 Å². The summed E-state index contributed by atoms with van der Waals surface area (Å²) < 4.78 is 10.9. The summed E-state index contributed by atoms with van der Waals surface area (Å²) in [6.07, 6.45) is -0.211. The Kier molecular flexibility index (Phi) is 7.53. The number of aryl methyl sites for hydroxylation is 2. The van der Waals surface area contributed by atoms with E-state index in [0.29, 0.717) is 29.3 Å². The summed E-state index contributed by atoms with van der Waals surface area (Å²) in [4.78, 5) is 33.8. The normalized spacial score (nSPS) is 15.2. The number of benzene rings is 2. The second-order valence-corrected chi connectivity index (χ2v) is 8.62. The third kappa shape index (κ3) is 5.90. The van der Waals surface area contributed by atoms with E-state index in [9.17, 15) is 9.59 Å². The van der Waals surface area contributed by atoms with Crippen LogP contribution in [0.2, 0.25) is 5.02 Å². The monoisotopic (exact) mass is 496 g/mol. The molecule has 0 saturated carbocycles. The molecule has 0 aliphatic carbocycles. The van der Waals surface area contributed by atoms with Crippen molar-refractivity contribution < 1.29 is 29.0 Å². The van der Waals surface area contributed by atoms with Crippen LogP contribution in [-0.2, 0) is 27.4 Å². The predicted octanol–water partition coefficient (Wildman–Crippen LogP) is 5.03. The van der Waals surface area contributed by atoms with Crippen molar-refractivity contribution in [2.24, 2.45) is 0 Å². The summed E-state index contributed by atoms with van der Waals surface area (Å²) in [5.74, 6) is -0.769. The molecule has 2 aromatic carbocycles. The quantitative estimate of drug-likeness (QED) is 0.455. The van der Waals surface area contributed by atoms with E-state index < -0.39 is 24.8 Å². The molecule has 8 nitrogen and oxygen atoms in total. The van der Waals surface area contributed by atoms with Crippen molar-refractivity contribution in [3.63, 3.8) is 0 Å². The van der Waals surface area contributed by atoms with E-state index in [1.54, 1.807) is 18.2 Å². The Morgan fingerprint density at radius 2 is 1.91 bits per heavy atom. The predicted molar refractivity (Wildman–Crippen MR) is 128 cm³/mol. The minimum absolute atomic E-state index is 0.0250. The van der Waals surface area contributed by atoms with E-state index >= 15 is 0 Å². The molecule has 1 aromatic heterocycles. The maximum atomic E-state index is 12.7. The SMILES string of the molecule is Cc1ccc(COC(=O)ON2CCc3ccccc3C2c2cc(Cl)ccc2OCC(=O)O)c(C)n1. The Balaban J connectivity index is 1.60. The minimum atomic E-state index is -1.10. The fourth-order valence-corrected chi connectivity index (χ4v) is 4.28. The first-order valence-electron chi connectivity index (χ1n) is 11.1. The Morgan fingerprint density at radius 3 is 2.69 bits per heavy atom. The van der Waals surface area contributed by atoms with Crippen LogP contribution in [0, 0.1) is 13.8 Å². The van der Waals surface area contributed by atoms with Crippen molar-refractivity contribution in [1.82, 2.24) is 10.0 Å². The molecule has 1 atom stereocenters. The number of halogens is 1. The largest absolute Gasteiger partial charge is 0.528 e. The van der Waals surface area contributed by atoms with Crippen molar-refractivity contribution in [2.45, 2.75) is 32.9 Å². The van der Waals surface area contributed by atoms with Gasteiger partial charge in [-0.3, -0.25) is 4.98 Å². The number of rotatable bonds is 7. The van der Waals surface area contributed by atoms with Gasteiger partial charge in [-0.05, 0) is 55.7 Å². The maximum Gasteiger partial charge on any atom is 0.528 e. The van der Waals surface area contributed by atoms with Gasteiger partial charge in [0.05, 0.1) is 6.04 Å². The van der Waals surface area contributed by atoms with Crippen LogP contribution < -0.4 is 4.74 Å². The lowest BCUT2D eigenvalue weighted by Gasteiger charge is -2.36. The molecular weight excluding hydrogens is 472 g/mol. The number of hydroxylamine groups is 2. The van der Waals surface area contributed by atoms with Crippen molar-refractivity contribution in [2.75, 3.05) is 13.2 Å². The van der Waals surface area contributed by atoms with Gasteiger partial charge in [0.1, 0.15) is 12.4 Å². The molecule has 4 rings (SSSR count). The second-order valence-electron chi connectivity index (χ2n) is 8.18. The van der Waals surface area contributed by atoms with E-state index in [0.717, 1.165) is 28.1 Å². The van der Waals surface area contributed by atoms with Crippen LogP contribution >= 0.6 is 11.6 Å². The summed E-state index contributed by atoms with van der Waals surface area (Å²) in [5.41, 5.74) is 5.00. The lowest BCUT2D eigenvalue weighted by Crippen LogP contribution is -2.38. The average Bonchev–Trinajstić information content (AvgIpc) is 2.82. The maximum absolute atomic E-state index is 12.7. The number of fused-ring (bicyclic) bond motifs is 1. The van der Waals surface area contributed by atoms with Crippen LogP contribution in [0.3, 0.4) is 0 Å². The first-order chi connectivity index (χ1) is 16.8. The smallest absolute Gasteiger partial charge is 0.482 e. The van der Waals surface area contributed by atoms with Crippen molar-refractivity contribution >= 4 is 23.7 Å². The lowest BCUT2D eigenvalue weighted by atomic mass is 9.89. The van der Waals surface area contributed by atoms with Crippen molar-refractivity contribution in [1.29, 1.82) is 0 Å². The third-order valence-corrected chi connectivity index (χ3v) is 5.96. The molecule has 0 amide bonds. The Morgan fingerprint density at radius 1 is 1.11 bits per heavy atom. The van der Waals surface area contributed by atoms with Gasteiger partial charge in [-0.1, -0.05) is 41.9 Å². The highest BCUT2D eigenvalue weighted by Gasteiger charge is 2.34. The molecule has 0 fully saturated rings. The number of hydrogen-bond acceptors (Lipinski definition) is 7. The highest BCUT2D eigenvalue weighted by Crippen LogP contribution is 2.40. The zero-order valence-electron chi connectivity index (χ0n) is 19.4. The molecule has 182 valence electrons. The first kappa shape index (κ1) is 24.5. The molecule has 2 heterocycles. The molecule has 0 spiro atoms. The number of carboxylic acids is 1. The number of ether oxygens (including phenoxy) is 2. The van der Waals surface area contributed by atoms with Crippen LogP contribution in [-0.4, -0.2) is 40.4 Å². The van der Waals surface area contributed by atoms with Gasteiger partial charge in [0.25, 0.3) is 0 Å². The molecule has 1 unspecified atom stereocenters. The van der Waals surface area contributed by atoms with Gasteiger partial charge in [0, 0.05) is 34.1 Å². The van der Waals surface area contributed by atoms with Gasteiger partial charge in [0.15, 0.2) is 6.61 Å². The molecule has 1 aliphatic heterocycles. The number of carboxylic acid groups (broad SMARTS) is 1. The lowest BCUT2D eigenvalue weighted by molar-refractivity contribution is -0.152. The number of aliphatic carboxylic acids is 1. The van der Waals surface area contributed by atoms with E-state index in [1.165, 1.54) is 5.06 Å². The highest BCUT2D eigenvalue weighted by atomic mass is 35.5. The number of hydrogen-bond donors (Lipinski definition) is 1. The molecule has 0 saturated heterocycles. The fraction of sp³-hybridized carbons (Fsp3) is 0.269. The number of carbonyl (C=O) groups excluding carboxylic acids is 1. The van der Waals surface area contributed by atoms with Gasteiger partial charge in [-0.2, -0.15) is 0 Å². The fourth-order valence-electron chi connectivity index (χ4n) is 4.10. The van der Waals surface area contributed by atoms with Crippen LogP contribution in [0.1, 0.15) is 39.7 Å². The molecule has 35 heavy (non-hydrogen) atoms. The van der Waals surface area contributed by atoms with E-state index in [2.05, 4.69) is 4.98 Å². The summed E-state index contributed by atoms with van der Waals surface area (Å²) >= 11 is 6.29. The van der Waals surface area contributed by atoms with Gasteiger partial charge >= 0.3 is 12.1 Å². The number of pyridine rings is 1. The summed E-state index contributed by atoms with van der Waals surface area (Å²) in [6.45, 7) is 3.65. The van der Waals surface area contributed by atoms with Crippen LogP contribution in [0.25, 0.3) is 0 Å². The number of carbonyl (C=O) groups is 2. The molecule has 1 N–H and O–H groups in total.